The van der Waals surface area contributed by atoms with E-state index in [4.69, 9.17) is 11.6 Å². The summed E-state index contributed by atoms with van der Waals surface area (Å²) in [5, 5.41) is 12.6. The molecule has 0 bridgehead atoms. The first-order valence-electron chi connectivity index (χ1n) is 8.62. The average Bonchev–Trinajstić information content (AvgIpc) is 2.56. The Morgan fingerprint density at radius 2 is 1.76 bits per heavy atom. The minimum absolute atomic E-state index is 0.0344. The molecule has 2 aromatic rings. The Balaban J connectivity index is 2.54. The molecule has 2 unspecified atom stereocenters. The van der Waals surface area contributed by atoms with E-state index < -0.39 is 5.60 Å². The second-order valence-electron chi connectivity index (χ2n) is 7.12. The normalized spacial score (nSPS) is 15.9. The van der Waals surface area contributed by atoms with E-state index in [1.54, 1.807) is 0 Å². The van der Waals surface area contributed by atoms with E-state index in [9.17, 15) is 5.11 Å². The van der Waals surface area contributed by atoms with Crippen molar-refractivity contribution in [2.75, 3.05) is 20.6 Å². The molecule has 0 aromatic heterocycles. The highest BCUT2D eigenvalue weighted by atomic mass is 35.5. The Morgan fingerprint density at radius 1 is 1.16 bits per heavy atom. The van der Waals surface area contributed by atoms with Crippen LogP contribution in [0.25, 0.3) is 6.08 Å². The molecule has 2 rings (SSSR count). The Hall–Kier alpha value is -1.61. The Kier molecular flexibility index (Phi) is 6.45. The molecular weight excluding hydrogens is 330 g/mol. The number of hydrogen-bond acceptors (Lipinski definition) is 2. The van der Waals surface area contributed by atoms with Crippen LogP contribution < -0.4 is 0 Å². The third-order valence-corrected chi connectivity index (χ3v) is 5.01. The number of rotatable bonds is 6. The second-order valence-corrected chi connectivity index (χ2v) is 7.56. The molecule has 25 heavy (non-hydrogen) atoms. The summed E-state index contributed by atoms with van der Waals surface area (Å²) in [6.07, 6.45) is 2.05. The van der Waals surface area contributed by atoms with Crippen LogP contribution in [0, 0.1) is 12.8 Å². The van der Waals surface area contributed by atoms with E-state index in [1.165, 1.54) is 0 Å². The van der Waals surface area contributed by atoms with Gasteiger partial charge < -0.3 is 10.0 Å². The van der Waals surface area contributed by atoms with Crippen LogP contribution in [0.4, 0.5) is 0 Å². The minimum atomic E-state index is -1.03. The van der Waals surface area contributed by atoms with Crippen molar-refractivity contribution >= 4 is 17.7 Å². The highest BCUT2D eigenvalue weighted by molar-refractivity contribution is 6.30. The summed E-state index contributed by atoms with van der Waals surface area (Å²) in [5.74, 6) is 0.0344. The van der Waals surface area contributed by atoms with Crippen molar-refractivity contribution in [1.29, 1.82) is 0 Å². The molecule has 0 saturated heterocycles. The maximum absolute atomic E-state index is 11.8. The summed E-state index contributed by atoms with van der Waals surface area (Å²) in [6, 6.07) is 15.8. The van der Waals surface area contributed by atoms with Gasteiger partial charge in [-0.15, -0.1) is 0 Å². The number of aliphatic hydroxyl groups is 1. The molecule has 0 radical (unpaired) electrons. The van der Waals surface area contributed by atoms with Crippen LogP contribution in [0.1, 0.15) is 30.5 Å². The number of aryl methyl sites for hydroxylation is 1. The van der Waals surface area contributed by atoms with Gasteiger partial charge in [-0.1, -0.05) is 61.0 Å². The van der Waals surface area contributed by atoms with Crippen molar-refractivity contribution in [2.45, 2.75) is 26.4 Å². The van der Waals surface area contributed by atoms with Crippen molar-refractivity contribution in [3.05, 3.63) is 75.8 Å². The molecule has 134 valence electrons. The average molecular weight is 358 g/mol. The molecule has 0 heterocycles. The number of benzene rings is 2. The van der Waals surface area contributed by atoms with Crippen LogP contribution in [0.3, 0.4) is 0 Å². The number of halogens is 1. The SMILES string of the molecule is C/C(=C\c1ccc(Cl)cc1)C(O)(c1ccccc1C)C(C)CN(C)C. The highest BCUT2D eigenvalue weighted by Gasteiger charge is 2.38. The van der Waals surface area contributed by atoms with Gasteiger partial charge in [-0.3, -0.25) is 0 Å². The van der Waals surface area contributed by atoms with Crippen molar-refractivity contribution < 1.29 is 5.11 Å². The lowest BCUT2D eigenvalue weighted by Gasteiger charge is -2.38. The lowest BCUT2D eigenvalue weighted by atomic mass is 9.74. The van der Waals surface area contributed by atoms with Crippen LogP contribution in [-0.2, 0) is 5.60 Å². The summed E-state index contributed by atoms with van der Waals surface area (Å²) in [5.41, 5.74) is 2.99. The highest BCUT2D eigenvalue weighted by Crippen LogP contribution is 2.39. The van der Waals surface area contributed by atoms with Crippen LogP contribution >= 0.6 is 11.6 Å². The van der Waals surface area contributed by atoms with Gasteiger partial charge >= 0.3 is 0 Å². The molecule has 0 spiro atoms. The number of nitrogens with zero attached hydrogens (tertiary/aromatic N) is 1. The van der Waals surface area contributed by atoms with Gasteiger partial charge in [-0.2, -0.15) is 0 Å². The van der Waals surface area contributed by atoms with Crippen molar-refractivity contribution in [1.82, 2.24) is 4.90 Å². The Labute approximate surface area is 156 Å². The molecule has 0 aliphatic heterocycles. The van der Waals surface area contributed by atoms with Crippen LogP contribution in [-0.4, -0.2) is 30.6 Å². The maximum Gasteiger partial charge on any atom is 0.115 e. The zero-order valence-electron chi connectivity index (χ0n) is 15.8. The van der Waals surface area contributed by atoms with Crippen molar-refractivity contribution in [3.8, 4) is 0 Å². The summed E-state index contributed by atoms with van der Waals surface area (Å²) in [6.45, 7) is 6.95. The van der Waals surface area contributed by atoms with Gasteiger partial charge in [0, 0.05) is 17.5 Å². The summed E-state index contributed by atoms with van der Waals surface area (Å²) < 4.78 is 0. The molecule has 1 N–H and O–H groups in total. The molecular formula is C22H28ClNO. The van der Waals surface area contributed by atoms with Gasteiger partial charge in [0.1, 0.15) is 5.60 Å². The molecule has 2 atom stereocenters. The fourth-order valence-corrected chi connectivity index (χ4v) is 3.59. The van der Waals surface area contributed by atoms with E-state index in [1.807, 2.05) is 63.5 Å². The molecule has 3 heteroatoms. The van der Waals surface area contributed by atoms with Crippen LogP contribution in [0.2, 0.25) is 5.02 Å². The summed E-state index contributed by atoms with van der Waals surface area (Å²) >= 11 is 5.99. The zero-order valence-corrected chi connectivity index (χ0v) is 16.5. The van der Waals surface area contributed by atoms with Gasteiger partial charge in [0.15, 0.2) is 0 Å². The molecule has 0 amide bonds. The maximum atomic E-state index is 11.8. The van der Waals surface area contributed by atoms with Gasteiger partial charge in [0.25, 0.3) is 0 Å². The first kappa shape index (κ1) is 19.7. The zero-order chi connectivity index (χ0) is 18.6. The molecule has 0 saturated carbocycles. The third kappa shape index (κ3) is 4.52. The monoisotopic (exact) mass is 357 g/mol. The third-order valence-electron chi connectivity index (χ3n) is 4.76. The van der Waals surface area contributed by atoms with Crippen LogP contribution in [0.15, 0.2) is 54.1 Å². The van der Waals surface area contributed by atoms with E-state index in [-0.39, 0.29) is 5.92 Å². The Bertz CT molecular complexity index is 736. The van der Waals surface area contributed by atoms with Gasteiger partial charge in [0.05, 0.1) is 0 Å². The second kappa shape index (κ2) is 8.18. The summed E-state index contributed by atoms with van der Waals surface area (Å²) in [4.78, 5) is 2.11. The van der Waals surface area contributed by atoms with Gasteiger partial charge in [0.2, 0.25) is 0 Å². The standard InChI is InChI=1S/C22H28ClNO/c1-16-8-6-7-9-21(16)22(25,18(3)15-24(4)5)17(2)14-19-10-12-20(23)13-11-19/h6-14,18,25H,15H2,1-5H3/b17-14+. The van der Waals surface area contributed by atoms with E-state index in [0.29, 0.717) is 5.02 Å². The lowest BCUT2D eigenvalue weighted by Crippen LogP contribution is -2.40. The quantitative estimate of drug-likeness (QED) is 0.774. The molecule has 2 aromatic carbocycles. The summed E-state index contributed by atoms with van der Waals surface area (Å²) in [7, 11) is 4.07. The lowest BCUT2D eigenvalue weighted by molar-refractivity contribution is 0.00998. The molecule has 2 nitrogen and oxygen atoms in total. The van der Waals surface area contributed by atoms with Gasteiger partial charge in [-0.05, 0) is 62.3 Å². The predicted octanol–water partition coefficient (Wildman–Crippen LogP) is 5.14. The Morgan fingerprint density at radius 3 is 2.32 bits per heavy atom. The van der Waals surface area contributed by atoms with Crippen molar-refractivity contribution in [3.63, 3.8) is 0 Å². The number of hydrogen-bond donors (Lipinski definition) is 1. The van der Waals surface area contributed by atoms with E-state index in [0.717, 1.165) is 28.8 Å². The molecule has 0 aliphatic carbocycles. The van der Waals surface area contributed by atoms with Crippen molar-refractivity contribution in [2.24, 2.45) is 5.92 Å². The van der Waals surface area contributed by atoms with E-state index in [2.05, 4.69) is 30.9 Å². The fourth-order valence-electron chi connectivity index (χ4n) is 3.47. The largest absolute Gasteiger partial charge is 0.380 e. The minimum Gasteiger partial charge on any atom is -0.380 e. The predicted molar refractivity (Wildman–Crippen MR) is 108 cm³/mol. The van der Waals surface area contributed by atoms with E-state index >= 15 is 0 Å². The first-order valence-corrected chi connectivity index (χ1v) is 9.00. The fraction of sp³-hybridized carbons (Fsp3) is 0.364. The smallest absolute Gasteiger partial charge is 0.115 e. The first-order chi connectivity index (χ1) is 11.7. The van der Waals surface area contributed by atoms with Crippen LogP contribution in [0.5, 0.6) is 0 Å². The topological polar surface area (TPSA) is 23.5 Å². The van der Waals surface area contributed by atoms with Gasteiger partial charge in [-0.25, -0.2) is 0 Å². The molecule has 0 aliphatic rings. The molecule has 0 fully saturated rings.